The van der Waals surface area contributed by atoms with Gasteiger partial charge in [0.05, 0.1) is 12.2 Å². The van der Waals surface area contributed by atoms with Gasteiger partial charge in [0.2, 0.25) is 0 Å². The van der Waals surface area contributed by atoms with Crippen LogP contribution in [0.15, 0.2) is 34.9 Å². The number of aromatic nitrogens is 1. The summed E-state index contributed by atoms with van der Waals surface area (Å²) < 4.78 is 5.28. The fourth-order valence-electron chi connectivity index (χ4n) is 2.72. The van der Waals surface area contributed by atoms with Crippen molar-refractivity contribution >= 4 is 0 Å². The molecule has 120 valence electrons. The minimum absolute atomic E-state index is 0.325. The normalized spacial score (nSPS) is 12.8. The summed E-state index contributed by atoms with van der Waals surface area (Å²) in [5.41, 5.74) is 3.70. The first-order chi connectivity index (χ1) is 10.6. The van der Waals surface area contributed by atoms with Gasteiger partial charge in [0, 0.05) is 12.1 Å². The third-order valence-electron chi connectivity index (χ3n) is 4.00. The average molecular weight is 300 g/mol. The van der Waals surface area contributed by atoms with Gasteiger partial charge in [-0.25, -0.2) is 0 Å². The molecule has 0 saturated carbocycles. The van der Waals surface area contributed by atoms with E-state index in [1.54, 1.807) is 0 Å². The predicted octanol–water partition coefficient (Wildman–Crippen LogP) is 4.81. The molecule has 3 nitrogen and oxygen atoms in total. The van der Waals surface area contributed by atoms with E-state index in [1.807, 2.05) is 13.0 Å². The van der Waals surface area contributed by atoms with Crippen molar-refractivity contribution in [2.24, 2.45) is 5.92 Å². The molecule has 0 amide bonds. The standard InChI is InChI=1S/C19H28N2O/c1-5-6-7-16-8-10-17(11-9-16)19(14(2)3)20-13-18-12-15(4)21-22-18/h8-12,14,19-20H,5-7,13H2,1-4H3. The highest BCUT2D eigenvalue weighted by Gasteiger charge is 2.16. The van der Waals surface area contributed by atoms with Crippen molar-refractivity contribution in [1.29, 1.82) is 0 Å². The van der Waals surface area contributed by atoms with Crippen LogP contribution in [-0.4, -0.2) is 5.16 Å². The van der Waals surface area contributed by atoms with Crippen molar-refractivity contribution in [3.8, 4) is 0 Å². The second-order valence-corrected chi connectivity index (χ2v) is 6.38. The van der Waals surface area contributed by atoms with Crippen LogP contribution in [-0.2, 0) is 13.0 Å². The lowest BCUT2D eigenvalue weighted by Gasteiger charge is -2.22. The van der Waals surface area contributed by atoms with Crippen LogP contribution in [0, 0.1) is 12.8 Å². The lowest BCUT2D eigenvalue weighted by Crippen LogP contribution is -2.25. The molecule has 3 heteroatoms. The Hall–Kier alpha value is -1.61. The largest absolute Gasteiger partial charge is 0.360 e. The monoisotopic (exact) mass is 300 g/mol. The first-order valence-electron chi connectivity index (χ1n) is 8.34. The number of hydrogen-bond acceptors (Lipinski definition) is 3. The summed E-state index contributed by atoms with van der Waals surface area (Å²) in [5.74, 6) is 1.41. The molecule has 0 bridgehead atoms. The van der Waals surface area contributed by atoms with Crippen molar-refractivity contribution in [2.75, 3.05) is 0 Å². The maximum atomic E-state index is 5.28. The topological polar surface area (TPSA) is 38.1 Å². The molecule has 0 spiro atoms. The quantitative estimate of drug-likeness (QED) is 0.760. The molecule has 1 aromatic carbocycles. The van der Waals surface area contributed by atoms with Crippen molar-refractivity contribution in [2.45, 2.75) is 59.5 Å². The predicted molar refractivity (Wildman–Crippen MR) is 90.7 cm³/mol. The zero-order chi connectivity index (χ0) is 15.9. The van der Waals surface area contributed by atoms with Crippen molar-refractivity contribution < 1.29 is 4.52 Å². The van der Waals surface area contributed by atoms with Gasteiger partial charge in [-0.3, -0.25) is 0 Å². The second kappa shape index (κ2) is 8.14. The maximum Gasteiger partial charge on any atom is 0.150 e. The van der Waals surface area contributed by atoms with Crippen molar-refractivity contribution in [1.82, 2.24) is 10.5 Å². The van der Waals surface area contributed by atoms with Gasteiger partial charge in [-0.2, -0.15) is 0 Å². The highest BCUT2D eigenvalue weighted by molar-refractivity contribution is 5.25. The van der Waals surface area contributed by atoms with Gasteiger partial charge in [0.15, 0.2) is 5.76 Å². The molecule has 1 unspecified atom stereocenters. The summed E-state index contributed by atoms with van der Waals surface area (Å²) >= 11 is 0. The zero-order valence-electron chi connectivity index (χ0n) is 14.2. The number of benzene rings is 1. The average Bonchev–Trinajstić information content (AvgIpc) is 2.92. The summed E-state index contributed by atoms with van der Waals surface area (Å²) in [6, 6.07) is 11.4. The van der Waals surface area contributed by atoms with E-state index in [-0.39, 0.29) is 0 Å². The Labute approximate surface area is 134 Å². The van der Waals surface area contributed by atoms with E-state index in [0.717, 1.165) is 11.5 Å². The fraction of sp³-hybridized carbons (Fsp3) is 0.526. The van der Waals surface area contributed by atoms with Gasteiger partial charge in [-0.1, -0.05) is 56.6 Å². The molecule has 0 aliphatic rings. The molecule has 2 rings (SSSR count). The van der Waals surface area contributed by atoms with Crippen LogP contribution >= 0.6 is 0 Å². The Morgan fingerprint density at radius 3 is 2.45 bits per heavy atom. The molecular formula is C19H28N2O. The van der Waals surface area contributed by atoms with Crippen LogP contribution in [0.3, 0.4) is 0 Å². The summed E-state index contributed by atoms with van der Waals surface area (Å²) in [5, 5.41) is 7.53. The van der Waals surface area contributed by atoms with E-state index < -0.39 is 0 Å². The minimum Gasteiger partial charge on any atom is -0.360 e. The van der Waals surface area contributed by atoms with Crippen LogP contribution in [0.2, 0.25) is 0 Å². The highest BCUT2D eigenvalue weighted by atomic mass is 16.5. The van der Waals surface area contributed by atoms with Gasteiger partial charge in [0.1, 0.15) is 0 Å². The summed E-state index contributed by atoms with van der Waals surface area (Å²) in [6.07, 6.45) is 3.68. The molecule has 1 N–H and O–H groups in total. The summed E-state index contributed by atoms with van der Waals surface area (Å²) in [6.45, 7) is 9.38. The first kappa shape index (κ1) is 16.8. The molecular weight excluding hydrogens is 272 g/mol. The minimum atomic E-state index is 0.325. The molecule has 1 atom stereocenters. The Morgan fingerprint density at radius 1 is 1.18 bits per heavy atom. The highest BCUT2D eigenvalue weighted by Crippen LogP contribution is 2.23. The summed E-state index contributed by atoms with van der Waals surface area (Å²) in [7, 11) is 0. The lowest BCUT2D eigenvalue weighted by molar-refractivity contribution is 0.341. The van der Waals surface area contributed by atoms with Crippen LogP contribution in [0.5, 0.6) is 0 Å². The molecule has 1 heterocycles. The molecule has 0 fully saturated rings. The molecule has 0 radical (unpaired) electrons. The molecule has 1 aromatic heterocycles. The van der Waals surface area contributed by atoms with E-state index >= 15 is 0 Å². The smallest absolute Gasteiger partial charge is 0.150 e. The van der Waals surface area contributed by atoms with E-state index in [0.29, 0.717) is 18.5 Å². The molecule has 2 aromatic rings. The SMILES string of the molecule is CCCCc1ccc(C(NCc2cc(C)no2)C(C)C)cc1. The maximum absolute atomic E-state index is 5.28. The molecule has 0 aliphatic carbocycles. The molecule has 0 aliphatic heterocycles. The van der Waals surface area contributed by atoms with E-state index in [2.05, 4.69) is 55.5 Å². The van der Waals surface area contributed by atoms with Crippen LogP contribution in [0.1, 0.15) is 62.2 Å². The van der Waals surface area contributed by atoms with Gasteiger partial charge in [0.25, 0.3) is 0 Å². The van der Waals surface area contributed by atoms with E-state index in [9.17, 15) is 0 Å². The van der Waals surface area contributed by atoms with Crippen LogP contribution in [0.25, 0.3) is 0 Å². The number of nitrogens with one attached hydrogen (secondary N) is 1. The van der Waals surface area contributed by atoms with Crippen molar-refractivity contribution in [3.63, 3.8) is 0 Å². The molecule has 0 saturated heterocycles. The Balaban J connectivity index is 2.00. The second-order valence-electron chi connectivity index (χ2n) is 6.38. The number of unbranched alkanes of at least 4 members (excludes halogenated alkanes) is 1. The van der Waals surface area contributed by atoms with Crippen LogP contribution < -0.4 is 5.32 Å². The zero-order valence-corrected chi connectivity index (χ0v) is 14.2. The van der Waals surface area contributed by atoms with Gasteiger partial charge < -0.3 is 9.84 Å². The summed E-state index contributed by atoms with van der Waals surface area (Å²) in [4.78, 5) is 0. The third-order valence-corrected chi connectivity index (χ3v) is 4.00. The van der Waals surface area contributed by atoms with Crippen LogP contribution in [0.4, 0.5) is 0 Å². The van der Waals surface area contributed by atoms with Crippen molar-refractivity contribution in [3.05, 3.63) is 52.9 Å². The van der Waals surface area contributed by atoms with Gasteiger partial charge in [-0.15, -0.1) is 0 Å². The fourth-order valence-corrected chi connectivity index (χ4v) is 2.72. The first-order valence-corrected chi connectivity index (χ1v) is 8.34. The van der Waals surface area contributed by atoms with Gasteiger partial charge in [-0.05, 0) is 36.8 Å². The van der Waals surface area contributed by atoms with E-state index in [1.165, 1.54) is 30.4 Å². The molecule has 22 heavy (non-hydrogen) atoms. The Kier molecular flexibility index (Phi) is 6.20. The van der Waals surface area contributed by atoms with E-state index in [4.69, 9.17) is 4.52 Å². The Bertz CT molecular complexity index is 557. The number of hydrogen-bond donors (Lipinski definition) is 1. The number of nitrogens with zero attached hydrogens (tertiary/aromatic N) is 1. The third kappa shape index (κ3) is 4.70. The number of rotatable bonds is 8. The lowest BCUT2D eigenvalue weighted by atomic mass is 9.94. The van der Waals surface area contributed by atoms with Gasteiger partial charge >= 0.3 is 0 Å². The Morgan fingerprint density at radius 2 is 1.91 bits per heavy atom. The number of aryl methyl sites for hydroxylation is 2.